The SMILES string of the molecule is CC(c1ccc(N2CCN(Sc3cccs3)CC2)cc1)C(F)(F)F. The Morgan fingerprint density at radius 3 is 2.25 bits per heavy atom. The minimum Gasteiger partial charge on any atom is -0.369 e. The van der Waals surface area contributed by atoms with E-state index in [4.69, 9.17) is 0 Å². The van der Waals surface area contributed by atoms with Crippen LogP contribution in [-0.2, 0) is 0 Å². The molecule has 130 valence electrons. The lowest BCUT2D eigenvalue weighted by Gasteiger charge is -2.35. The molecule has 1 unspecified atom stereocenters. The van der Waals surface area contributed by atoms with Crippen molar-refractivity contribution in [2.24, 2.45) is 0 Å². The molecule has 7 heteroatoms. The van der Waals surface area contributed by atoms with E-state index in [1.54, 1.807) is 47.6 Å². The Balaban J connectivity index is 1.56. The number of thiophene rings is 1. The van der Waals surface area contributed by atoms with Crippen LogP contribution in [0, 0.1) is 0 Å². The Labute approximate surface area is 148 Å². The van der Waals surface area contributed by atoms with E-state index in [-0.39, 0.29) is 0 Å². The van der Waals surface area contributed by atoms with E-state index in [0.29, 0.717) is 5.56 Å². The highest BCUT2D eigenvalue weighted by Crippen LogP contribution is 2.35. The first-order valence-electron chi connectivity index (χ1n) is 7.81. The van der Waals surface area contributed by atoms with Gasteiger partial charge in [0, 0.05) is 31.9 Å². The molecule has 1 aliphatic rings. The fourth-order valence-corrected chi connectivity index (χ4v) is 4.49. The number of piperazine rings is 1. The van der Waals surface area contributed by atoms with Gasteiger partial charge in [-0.25, -0.2) is 4.31 Å². The van der Waals surface area contributed by atoms with Crippen molar-refractivity contribution < 1.29 is 13.2 Å². The van der Waals surface area contributed by atoms with Gasteiger partial charge in [0.15, 0.2) is 0 Å². The lowest BCUT2D eigenvalue weighted by atomic mass is 10.0. The summed E-state index contributed by atoms with van der Waals surface area (Å²) >= 11 is 3.51. The van der Waals surface area contributed by atoms with E-state index in [1.807, 2.05) is 6.07 Å². The van der Waals surface area contributed by atoms with E-state index in [2.05, 4.69) is 20.7 Å². The van der Waals surface area contributed by atoms with Crippen LogP contribution in [0.3, 0.4) is 0 Å². The Kier molecular flexibility index (Phi) is 5.42. The second kappa shape index (κ2) is 7.37. The number of rotatable bonds is 4. The molecule has 1 aliphatic heterocycles. The summed E-state index contributed by atoms with van der Waals surface area (Å²) in [5.41, 5.74) is 1.31. The summed E-state index contributed by atoms with van der Waals surface area (Å²) in [7, 11) is 0. The Bertz CT molecular complexity index is 633. The molecule has 0 saturated carbocycles. The molecular formula is C17H19F3N2S2. The summed E-state index contributed by atoms with van der Waals surface area (Å²) in [5, 5.41) is 2.07. The normalized spacial score (nSPS) is 17.9. The number of alkyl halides is 3. The molecule has 0 N–H and O–H groups in total. The topological polar surface area (TPSA) is 6.48 Å². The van der Waals surface area contributed by atoms with Crippen LogP contribution in [0.2, 0.25) is 0 Å². The Hall–Kier alpha value is -1.18. The molecule has 0 aliphatic carbocycles. The Morgan fingerprint density at radius 2 is 1.71 bits per heavy atom. The molecule has 2 heterocycles. The molecule has 1 aromatic carbocycles. The highest BCUT2D eigenvalue weighted by molar-refractivity contribution is 7.98. The van der Waals surface area contributed by atoms with Gasteiger partial charge in [0.05, 0.1) is 10.1 Å². The van der Waals surface area contributed by atoms with Crippen molar-refractivity contribution in [2.45, 2.75) is 23.2 Å². The van der Waals surface area contributed by atoms with Crippen LogP contribution in [0.5, 0.6) is 0 Å². The average Bonchev–Trinajstić information content (AvgIpc) is 3.07. The zero-order chi connectivity index (χ0) is 17.2. The van der Waals surface area contributed by atoms with Crippen molar-refractivity contribution in [1.29, 1.82) is 0 Å². The molecular weight excluding hydrogens is 353 g/mol. The maximum absolute atomic E-state index is 12.8. The fraction of sp³-hybridized carbons (Fsp3) is 0.412. The monoisotopic (exact) mass is 372 g/mol. The van der Waals surface area contributed by atoms with Gasteiger partial charge in [-0.05, 0) is 48.0 Å². The summed E-state index contributed by atoms with van der Waals surface area (Å²) in [5.74, 6) is -1.43. The maximum Gasteiger partial charge on any atom is 0.395 e. The highest BCUT2D eigenvalue weighted by Gasteiger charge is 2.36. The number of benzene rings is 1. The molecule has 0 bridgehead atoms. The zero-order valence-electron chi connectivity index (χ0n) is 13.3. The van der Waals surface area contributed by atoms with Crippen LogP contribution in [0.15, 0.2) is 46.0 Å². The van der Waals surface area contributed by atoms with Gasteiger partial charge in [-0.2, -0.15) is 13.2 Å². The molecule has 1 saturated heterocycles. The summed E-state index contributed by atoms with van der Waals surface area (Å²) in [6.07, 6.45) is -4.19. The minimum atomic E-state index is -4.19. The van der Waals surface area contributed by atoms with Gasteiger partial charge in [-0.1, -0.05) is 18.2 Å². The quantitative estimate of drug-likeness (QED) is 0.678. The van der Waals surface area contributed by atoms with Crippen molar-refractivity contribution in [2.75, 3.05) is 31.1 Å². The standard InChI is InChI=1S/C17H19F3N2S2/c1-13(17(18,19)20)14-4-6-15(7-5-14)21-8-10-22(11-9-21)24-16-3-2-12-23-16/h2-7,12-13H,8-11H2,1H3. The zero-order valence-corrected chi connectivity index (χ0v) is 14.9. The first-order valence-corrected chi connectivity index (χ1v) is 9.47. The molecule has 1 atom stereocenters. The summed E-state index contributed by atoms with van der Waals surface area (Å²) in [6.45, 7) is 4.83. The smallest absolute Gasteiger partial charge is 0.369 e. The molecule has 2 aromatic rings. The van der Waals surface area contributed by atoms with Gasteiger partial charge in [-0.15, -0.1) is 11.3 Å². The third-order valence-electron chi connectivity index (χ3n) is 4.20. The fourth-order valence-electron chi connectivity index (χ4n) is 2.64. The highest BCUT2D eigenvalue weighted by atomic mass is 32.2. The van der Waals surface area contributed by atoms with Crippen LogP contribution < -0.4 is 4.90 Å². The van der Waals surface area contributed by atoms with E-state index in [9.17, 15) is 13.2 Å². The predicted octanol–water partition coefficient (Wildman–Crippen LogP) is 5.24. The van der Waals surface area contributed by atoms with E-state index >= 15 is 0 Å². The molecule has 1 aromatic heterocycles. The van der Waals surface area contributed by atoms with Gasteiger partial charge in [-0.3, -0.25) is 0 Å². The number of hydrogen-bond donors (Lipinski definition) is 0. The van der Waals surface area contributed by atoms with Gasteiger partial charge in [0.2, 0.25) is 0 Å². The van der Waals surface area contributed by atoms with E-state index in [0.717, 1.165) is 31.9 Å². The average molecular weight is 372 g/mol. The van der Waals surface area contributed by atoms with Gasteiger partial charge in [0.25, 0.3) is 0 Å². The van der Waals surface area contributed by atoms with Crippen molar-refractivity contribution in [3.05, 3.63) is 47.3 Å². The molecule has 0 amide bonds. The minimum absolute atomic E-state index is 0.318. The first kappa shape index (κ1) is 17.6. The second-order valence-electron chi connectivity index (χ2n) is 5.79. The van der Waals surface area contributed by atoms with Crippen molar-refractivity contribution in [1.82, 2.24) is 4.31 Å². The van der Waals surface area contributed by atoms with Crippen LogP contribution in [0.4, 0.5) is 18.9 Å². The molecule has 3 rings (SSSR count). The maximum atomic E-state index is 12.8. The summed E-state index contributed by atoms with van der Waals surface area (Å²) in [4.78, 5) is 2.23. The number of hydrogen-bond acceptors (Lipinski definition) is 4. The third-order valence-corrected chi connectivity index (χ3v) is 6.32. The van der Waals surface area contributed by atoms with Crippen LogP contribution in [-0.4, -0.2) is 36.7 Å². The number of nitrogens with zero attached hydrogens (tertiary/aromatic N) is 2. The van der Waals surface area contributed by atoms with Crippen molar-refractivity contribution in [3.63, 3.8) is 0 Å². The summed E-state index contributed by atoms with van der Waals surface area (Å²) < 4.78 is 41.9. The molecule has 24 heavy (non-hydrogen) atoms. The third kappa shape index (κ3) is 4.26. The lowest BCUT2D eigenvalue weighted by Crippen LogP contribution is -2.43. The van der Waals surface area contributed by atoms with Crippen molar-refractivity contribution >= 4 is 29.0 Å². The molecule has 2 nitrogen and oxygen atoms in total. The first-order chi connectivity index (χ1) is 11.4. The molecule has 0 radical (unpaired) electrons. The Morgan fingerprint density at radius 1 is 1.04 bits per heavy atom. The largest absolute Gasteiger partial charge is 0.395 e. The van der Waals surface area contributed by atoms with Gasteiger partial charge >= 0.3 is 6.18 Å². The second-order valence-corrected chi connectivity index (χ2v) is 8.14. The lowest BCUT2D eigenvalue weighted by molar-refractivity contribution is -0.146. The van der Waals surface area contributed by atoms with Crippen LogP contribution >= 0.6 is 23.3 Å². The molecule has 0 spiro atoms. The summed E-state index contributed by atoms with van der Waals surface area (Å²) in [6, 6.07) is 11.0. The number of halogens is 3. The predicted molar refractivity (Wildman–Crippen MR) is 94.9 cm³/mol. The van der Waals surface area contributed by atoms with E-state index in [1.165, 1.54) is 11.1 Å². The van der Waals surface area contributed by atoms with Gasteiger partial charge < -0.3 is 4.90 Å². The van der Waals surface area contributed by atoms with Gasteiger partial charge in [0.1, 0.15) is 0 Å². The van der Waals surface area contributed by atoms with Crippen LogP contribution in [0.25, 0.3) is 0 Å². The number of anilines is 1. The van der Waals surface area contributed by atoms with E-state index < -0.39 is 12.1 Å². The van der Waals surface area contributed by atoms with Crippen LogP contribution in [0.1, 0.15) is 18.4 Å². The van der Waals surface area contributed by atoms with Crippen molar-refractivity contribution in [3.8, 4) is 0 Å². The molecule has 1 fully saturated rings.